The molecular weight excluding hydrogens is 444 g/mol. The highest BCUT2D eigenvalue weighted by molar-refractivity contribution is 5.80. The SMILES string of the molecule is O=C(CC(NC(=O)OCC1c2ccccc2-c2ccccc21)C1CC1)NCC(CC1CC1)C(=O)O. The lowest BCUT2D eigenvalue weighted by atomic mass is 9.98. The molecule has 7 nitrogen and oxygen atoms in total. The molecule has 3 N–H and O–H groups in total. The van der Waals surface area contributed by atoms with Gasteiger partial charge in [0.15, 0.2) is 0 Å². The van der Waals surface area contributed by atoms with E-state index in [9.17, 15) is 19.5 Å². The maximum atomic E-state index is 12.7. The second-order valence-corrected chi connectivity index (χ2v) is 10.1. The summed E-state index contributed by atoms with van der Waals surface area (Å²) in [6.07, 6.45) is 4.29. The molecule has 184 valence electrons. The molecule has 3 aliphatic rings. The number of carbonyl (C=O) groups is 3. The van der Waals surface area contributed by atoms with Crippen LogP contribution in [-0.4, -0.2) is 42.3 Å². The van der Waals surface area contributed by atoms with E-state index in [1.807, 2.05) is 24.3 Å². The molecule has 0 heterocycles. The molecule has 2 aromatic rings. The van der Waals surface area contributed by atoms with Crippen molar-refractivity contribution in [1.29, 1.82) is 0 Å². The topological polar surface area (TPSA) is 105 Å². The number of fused-ring (bicyclic) bond motifs is 3. The van der Waals surface area contributed by atoms with Crippen molar-refractivity contribution in [2.24, 2.45) is 17.8 Å². The normalized spacial score (nSPS) is 18.2. The Labute approximate surface area is 205 Å². The van der Waals surface area contributed by atoms with E-state index in [2.05, 4.69) is 34.9 Å². The summed E-state index contributed by atoms with van der Waals surface area (Å²) in [5.41, 5.74) is 4.65. The lowest BCUT2D eigenvalue weighted by Crippen LogP contribution is -2.42. The summed E-state index contributed by atoms with van der Waals surface area (Å²) < 4.78 is 5.65. The molecule has 0 aromatic heterocycles. The van der Waals surface area contributed by atoms with E-state index in [1.54, 1.807) is 0 Å². The van der Waals surface area contributed by atoms with Crippen molar-refractivity contribution in [3.8, 4) is 11.1 Å². The molecule has 2 unspecified atom stereocenters. The van der Waals surface area contributed by atoms with Crippen molar-refractivity contribution in [2.75, 3.05) is 13.2 Å². The minimum absolute atomic E-state index is 0.0183. The number of ether oxygens (including phenoxy) is 1. The third-order valence-corrected chi connectivity index (χ3v) is 7.45. The first-order chi connectivity index (χ1) is 17.0. The van der Waals surface area contributed by atoms with Crippen molar-refractivity contribution in [3.63, 3.8) is 0 Å². The van der Waals surface area contributed by atoms with Gasteiger partial charge in [-0.3, -0.25) is 9.59 Å². The number of carboxylic acid groups (broad SMARTS) is 1. The van der Waals surface area contributed by atoms with Crippen LogP contribution in [0.1, 0.15) is 55.6 Å². The minimum Gasteiger partial charge on any atom is -0.481 e. The third-order valence-electron chi connectivity index (χ3n) is 7.45. The molecule has 2 saturated carbocycles. The van der Waals surface area contributed by atoms with Crippen LogP contribution in [0.25, 0.3) is 11.1 Å². The Hall–Kier alpha value is -3.35. The van der Waals surface area contributed by atoms with Crippen molar-refractivity contribution in [3.05, 3.63) is 59.7 Å². The smallest absolute Gasteiger partial charge is 0.407 e. The monoisotopic (exact) mass is 476 g/mol. The van der Waals surface area contributed by atoms with Gasteiger partial charge in [-0.05, 0) is 53.4 Å². The van der Waals surface area contributed by atoms with Gasteiger partial charge in [0.1, 0.15) is 6.61 Å². The summed E-state index contributed by atoms with van der Waals surface area (Å²) in [6, 6.07) is 16.1. The van der Waals surface area contributed by atoms with Gasteiger partial charge in [0.25, 0.3) is 0 Å². The number of aliphatic carboxylic acids is 1. The van der Waals surface area contributed by atoms with E-state index in [0.29, 0.717) is 12.3 Å². The zero-order valence-electron chi connectivity index (χ0n) is 19.7. The average Bonchev–Trinajstić information content (AvgIpc) is 3.77. The van der Waals surface area contributed by atoms with Gasteiger partial charge in [0, 0.05) is 24.9 Å². The number of carbonyl (C=O) groups excluding carboxylic acids is 2. The van der Waals surface area contributed by atoms with Crippen LogP contribution >= 0.6 is 0 Å². The first-order valence-electron chi connectivity index (χ1n) is 12.6. The number of nitrogens with one attached hydrogen (secondary N) is 2. The fourth-order valence-corrected chi connectivity index (χ4v) is 5.16. The molecular formula is C28H32N2O5. The van der Waals surface area contributed by atoms with Crippen molar-refractivity contribution in [1.82, 2.24) is 10.6 Å². The first kappa shape index (κ1) is 23.4. The lowest BCUT2D eigenvalue weighted by Gasteiger charge is -2.20. The Morgan fingerprint density at radius 2 is 1.57 bits per heavy atom. The predicted molar refractivity (Wildman–Crippen MR) is 131 cm³/mol. The number of amides is 2. The summed E-state index contributed by atoms with van der Waals surface area (Å²) in [4.78, 5) is 36.7. The number of rotatable bonds is 11. The van der Waals surface area contributed by atoms with Crippen LogP contribution in [-0.2, 0) is 14.3 Å². The number of hydrogen-bond acceptors (Lipinski definition) is 4. The van der Waals surface area contributed by atoms with E-state index < -0.39 is 18.0 Å². The van der Waals surface area contributed by atoms with Gasteiger partial charge in [0.05, 0.1) is 5.92 Å². The summed E-state index contributed by atoms with van der Waals surface area (Å²) in [5.74, 6) is -0.947. The van der Waals surface area contributed by atoms with Crippen LogP contribution < -0.4 is 10.6 Å². The fourth-order valence-electron chi connectivity index (χ4n) is 5.16. The Balaban J connectivity index is 1.14. The van der Waals surface area contributed by atoms with Crippen molar-refractivity contribution < 1.29 is 24.2 Å². The Morgan fingerprint density at radius 1 is 0.943 bits per heavy atom. The van der Waals surface area contributed by atoms with Crippen LogP contribution in [0.3, 0.4) is 0 Å². The Morgan fingerprint density at radius 3 is 2.14 bits per heavy atom. The largest absolute Gasteiger partial charge is 0.481 e. The average molecular weight is 477 g/mol. The zero-order chi connectivity index (χ0) is 24.4. The van der Waals surface area contributed by atoms with Gasteiger partial charge >= 0.3 is 12.1 Å². The highest BCUT2D eigenvalue weighted by Crippen LogP contribution is 2.44. The van der Waals surface area contributed by atoms with Gasteiger partial charge in [-0.25, -0.2) is 4.79 Å². The molecule has 2 aromatic carbocycles. The van der Waals surface area contributed by atoms with Gasteiger partial charge < -0.3 is 20.5 Å². The van der Waals surface area contributed by atoms with E-state index in [4.69, 9.17) is 4.74 Å². The summed E-state index contributed by atoms with van der Waals surface area (Å²) in [5, 5.41) is 15.1. The van der Waals surface area contributed by atoms with E-state index in [-0.39, 0.29) is 43.4 Å². The summed E-state index contributed by atoms with van der Waals surface area (Å²) >= 11 is 0. The molecule has 0 spiro atoms. The van der Waals surface area contributed by atoms with Crippen LogP contribution in [0.2, 0.25) is 0 Å². The Bertz CT molecular complexity index is 1060. The number of benzene rings is 2. The maximum absolute atomic E-state index is 12.7. The van der Waals surface area contributed by atoms with Gasteiger partial charge in [-0.15, -0.1) is 0 Å². The van der Waals surface area contributed by atoms with Crippen molar-refractivity contribution in [2.45, 2.75) is 50.5 Å². The molecule has 7 heteroatoms. The van der Waals surface area contributed by atoms with Crippen LogP contribution in [0.5, 0.6) is 0 Å². The molecule has 0 radical (unpaired) electrons. The van der Waals surface area contributed by atoms with E-state index in [0.717, 1.165) is 36.8 Å². The summed E-state index contributed by atoms with van der Waals surface area (Å²) in [7, 11) is 0. The summed E-state index contributed by atoms with van der Waals surface area (Å²) in [6.45, 7) is 0.359. The highest BCUT2D eigenvalue weighted by Gasteiger charge is 2.35. The number of carboxylic acids is 1. The quantitative estimate of drug-likeness (QED) is 0.448. The standard InChI is InChI=1S/C28H32N2O5/c31-26(29-15-19(27(32)33)13-17-9-10-17)14-25(18-11-12-18)30-28(34)35-16-24-22-7-3-1-5-20(22)21-6-2-4-8-23(21)24/h1-8,17-19,24-25H,9-16H2,(H,29,31)(H,30,34)(H,32,33). The Kier molecular flexibility index (Phi) is 6.75. The van der Waals surface area contributed by atoms with Crippen molar-refractivity contribution >= 4 is 18.0 Å². The molecule has 2 amide bonds. The van der Waals surface area contributed by atoms with E-state index >= 15 is 0 Å². The van der Waals surface area contributed by atoms with Crippen LogP contribution in [0.4, 0.5) is 4.79 Å². The second-order valence-electron chi connectivity index (χ2n) is 10.1. The highest BCUT2D eigenvalue weighted by atomic mass is 16.5. The minimum atomic E-state index is -0.868. The molecule has 3 aliphatic carbocycles. The van der Waals surface area contributed by atoms with Gasteiger partial charge in [0.2, 0.25) is 5.91 Å². The van der Waals surface area contributed by atoms with Crippen LogP contribution in [0, 0.1) is 17.8 Å². The zero-order valence-corrected chi connectivity index (χ0v) is 19.7. The van der Waals surface area contributed by atoms with Gasteiger partial charge in [-0.1, -0.05) is 61.4 Å². The molecule has 0 aliphatic heterocycles. The molecule has 35 heavy (non-hydrogen) atoms. The number of alkyl carbamates (subject to hydrolysis) is 1. The molecule has 2 fully saturated rings. The predicted octanol–water partition coefficient (Wildman–Crippen LogP) is 4.31. The number of hydrogen-bond donors (Lipinski definition) is 3. The molecule has 5 rings (SSSR count). The lowest BCUT2D eigenvalue weighted by molar-refractivity contribution is -0.142. The van der Waals surface area contributed by atoms with E-state index in [1.165, 1.54) is 11.1 Å². The molecule has 0 bridgehead atoms. The first-order valence-corrected chi connectivity index (χ1v) is 12.6. The third kappa shape index (κ3) is 5.66. The molecule has 2 atom stereocenters. The fraction of sp³-hybridized carbons (Fsp3) is 0.464. The van der Waals surface area contributed by atoms with Crippen LogP contribution in [0.15, 0.2) is 48.5 Å². The van der Waals surface area contributed by atoms with Gasteiger partial charge in [-0.2, -0.15) is 0 Å². The second kappa shape index (κ2) is 10.1. The molecule has 0 saturated heterocycles. The maximum Gasteiger partial charge on any atom is 0.407 e.